The molecule has 8 heteroatoms. The van der Waals surface area contributed by atoms with Crippen molar-refractivity contribution in [3.8, 4) is 11.4 Å². The Bertz CT molecular complexity index is 1270. The molecule has 2 aromatic carbocycles. The third kappa shape index (κ3) is 3.01. The third-order valence-corrected chi connectivity index (χ3v) is 5.44. The van der Waals surface area contributed by atoms with Crippen LogP contribution < -0.4 is 21.5 Å². The lowest BCUT2D eigenvalue weighted by Crippen LogP contribution is -2.27. The van der Waals surface area contributed by atoms with Crippen LogP contribution in [0.1, 0.15) is 6.42 Å². The van der Waals surface area contributed by atoms with Crippen LogP contribution in [0.5, 0.6) is 0 Å². The van der Waals surface area contributed by atoms with Gasteiger partial charge in [0.15, 0.2) is 0 Å². The van der Waals surface area contributed by atoms with Crippen LogP contribution in [-0.2, 0) is 0 Å². The second-order valence-electron chi connectivity index (χ2n) is 7.28. The molecule has 29 heavy (non-hydrogen) atoms. The number of aromatic amines is 2. The number of nitrogens with one attached hydrogen (secondary N) is 3. The van der Waals surface area contributed by atoms with E-state index in [-0.39, 0.29) is 16.6 Å². The highest BCUT2D eigenvalue weighted by molar-refractivity contribution is 5.98. The number of aromatic nitrogens is 3. The summed E-state index contributed by atoms with van der Waals surface area (Å²) in [4.78, 5) is 25.4. The number of fused-ring (bicyclic) bond motifs is 2. The minimum Gasteiger partial charge on any atom is -0.397 e. The zero-order chi connectivity index (χ0) is 20.0. The molecule has 1 saturated heterocycles. The van der Waals surface area contributed by atoms with E-state index in [1.165, 1.54) is 12.1 Å². The summed E-state index contributed by atoms with van der Waals surface area (Å²) in [5.41, 5.74) is 9.03. The summed E-state index contributed by atoms with van der Waals surface area (Å²) < 4.78 is 14.3. The van der Waals surface area contributed by atoms with E-state index in [1.54, 1.807) is 6.07 Å². The first-order chi connectivity index (χ1) is 14.1. The summed E-state index contributed by atoms with van der Waals surface area (Å²) in [5.74, 6) is -0.149. The largest absolute Gasteiger partial charge is 0.397 e. The number of anilines is 2. The van der Waals surface area contributed by atoms with Crippen molar-refractivity contribution in [2.75, 3.05) is 36.8 Å². The van der Waals surface area contributed by atoms with Gasteiger partial charge >= 0.3 is 0 Å². The van der Waals surface area contributed by atoms with Crippen LogP contribution in [0.4, 0.5) is 15.8 Å². The maximum absolute atomic E-state index is 14.3. The summed E-state index contributed by atoms with van der Waals surface area (Å²) in [5, 5.41) is 3.59. The van der Waals surface area contributed by atoms with E-state index >= 15 is 0 Å². The SMILES string of the molecule is Nc1c(-c2nc3ccc(N4CCCNCC4)cc3[nH]2)c(=O)[nH]c2cccc(F)c12. The van der Waals surface area contributed by atoms with E-state index in [0.717, 1.165) is 49.3 Å². The standard InChI is InChI=1S/C21H21FN6O/c22-13-3-1-4-15-17(13)19(23)18(21(29)27-15)20-25-14-6-5-12(11-16(14)26-20)28-9-2-7-24-8-10-28/h1,3-6,11,24H,2,7-10H2,(H,25,26)(H3,23,27,29). The zero-order valence-electron chi connectivity index (χ0n) is 15.8. The Morgan fingerprint density at radius 3 is 2.86 bits per heavy atom. The van der Waals surface area contributed by atoms with Crippen molar-refractivity contribution < 1.29 is 4.39 Å². The quantitative estimate of drug-likeness (QED) is 0.420. The Balaban J connectivity index is 1.62. The predicted octanol–water partition coefficient (Wildman–Crippen LogP) is 2.59. The highest BCUT2D eigenvalue weighted by atomic mass is 19.1. The first kappa shape index (κ1) is 17.7. The number of H-pyrrole nitrogens is 2. The topological polar surface area (TPSA) is 103 Å². The summed E-state index contributed by atoms with van der Waals surface area (Å²) in [7, 11) is 0. The van der Waals surface area contributed by atoms with Gasteiger partial charge < -0.3 is 25.9 Å². The van der Waals surface area contributed by atoms with Crippen molar-refractivity contribution in [3.05, 3.63) is 52.6 Å². The lowest BCUT2D eigenvalue weighted by atomic mass is 10.1. The normalized spacial score (nSPS) is 15.1. The number of benzene rings is 2. The van der Waals surface area contributed by atoms with Crippen LogP contribution >= 0.6 is 0 Å². The molecule has 2 aromatic heterocycles. The highest BCUT2D eigenvalue weighted by Gasteiger charge is 2.18. The number of nitrogens with zero attached hydrogens (tertiary/aromatic N) is 2. The number of rotatable bonds is 2. The Kier molecular flexibility index (Phi) is 4.21. The molecule has 0 bridgehead atoms. The molecule has 148 valence electrons. The van der Waals surface area contributed by atoms with E-state index in [2.05, 4.69) is 25.2 Å². The van der Waals surface area contributed by atoms with E-state index in [4.69, 9.17) is 5.73 Å². The number of pyridine rings is 1. The zero-order valence-corrected chi connectivity index (χ0v) is 15.8. The van der Waals surface area contributed by atoms with Crippen LogP contribution in [0, 0.1) is 5.82 Å². The Hall–Kier alpha value is -3.39. The van der Waals surface area contributed by atoms with Gasteiger partial charge in [-0.05, 0) is 43.3 Å². The fraction of sp³-hybridized carbons (Fsp3) is 0.238. The Morgan fingerprint density at radius 2 is 1.97 bits per heavy atom. The summed E-state index contributed by atoms with van der Waals surface area (Å²) in [6.45, 7) is 3.88. The monoisotopic (exact) mass is 392 g/mol. The second-order valence-corrected chi connectivity index (χ2v) is 7.28. The molecule has 4 aromatic rings. The highest BCUT2D eigenvalue weighted by Crippen LogP contribution is 2.30. The summed E-state index contributed by atoms with van der Waals surface area (Å²) in [6, 6.07) is 10.5. The van der Waals surface area contributed by atoms with Crippen molar-refractivity contribution in [2.24, 2.45) is 0 Å². The molecule has 0 unspecified atom stereocenters. The van der Waals surface area contributed by atoms with Gasteiger partial charge in [0, 0.05) is 25.3 Å². The van der Waals surface area contributed by atoms with Gasteiger partial charge in [-0.1, -0.05) is 6.07 Å². The van der Waals surface area contributed by atoms with Crippen molar-refractivity contribution >= 4 is 33.3 Å². The summed E-state index contributed by atoms with van der Waals surface area (Å²) >= 11 is 0. The third-order valence-electron chi connectivity index (χ3n) is 5.44. The van der Waals surface area contributed by atoms with E-state index in [0.29, 0.717) is 11.3 Å². The van der Waals surface area contributed by atoms with E-state index in [1.807, 2.05) is 18.2 Å². The number of hydrogen-bond acceptors (Lipinski definition) is 5. The summed E-state index contributed by atoms with van der Waals surface area (Å²) in [6.07, 6.45) is 1.08. The lowest BCUT2D eigenvalue weighted by Gasteiger charge is -2.22. The van der Waals surface area contributed by atoms with Crippen molar-refractivity contribution in [3.63, 3.8) is 0 Å². The van der Waals surface area contributed by atoms with Gasteiger partial charge in [-0.25, -0.2) is 9.37 Å². The predicted molar refractivity (Wildman–Crippen MR) is 114 cm³/mol. The number of halogens is 1. The first-order valence-corrected chi connectivity index (χ1v) is 9.67. The molecule has 3 heterocycles. The molecule has 0 spiro atoms. The van der Waals surface area contributed by atoms with Gasteiger partial charge in [-0.15, -0.1) is 0 Å². The first-order valence-electron chi connectivity index (χ1n) is 9.67. The smallest absolute Gasteiger partial charge is 0.261 e. The molecule has 1 aliphatic heterocycles. The molecule has 0 atom stereocenters. The molecule has 7 nitrogen and oxygen atoms in total. The van der Waals surface area contributed by atoms with Crippen LogP contribution in [0.15, 0.2) is 41.2 Å². The average Bonchev–Trinajstić information content (AvgIpc) is 2.92. The Morgan fingerprint density at radius 1 is 1.07 bits per heavy atom. The van der Waals surface area contributed by atoms with Crippen molar-refractivity contribution in [1.82, 2.24) is 20.3 Å². The molecule has 0 aliphatic carbocycles. The Labute approximate surface area is 165 Å². The fourth-order valence-corrected chi connectivity index (χ4v) is 3.99. The van der Waals surface area contributed by atoms with Gasteiger partial charge in [0.25, 0.3) is 5.56 Å². The van der Waals surface area contributed by atoms with Crippen LogP contribution in [0.25, 0.3) is 33.3 Å². The lowest BCUT2D eigenvalue weighted by molar-refractivity contribution is 0.640. The molecule has 1 fully saturated rings. The fourth-order valence-electron chi connectivity index (χ4n) is 3.99. The number of imidazole rings is 1. The van der Waals surface area contributed by atoms with E-state index in [9.17, 15) is 9.18 Å². The number of hydrogen-bond donors (Lipinski definition) is 4. The van der Waals surface area contributed by atoms with Crippen LogP contribution in [0.2, 0.25) is 0 Å². The van der Waals surface area contributed by atoms with Crippen LogP contribution in [-0.4, -0.2) is 41.1 Å². The minimum atomic E-state index is -0.481. The van der Waals surface area contributed by atoms with E-state index < -0.39 is 11.4 Å². The number of nitrogens with two attached hydrogens (primary N) is 1. The average molecular weight is 392 g/mol. The molecule has 0 amide bonds. The second kappa shape index (κ2) is 6.89. The molecular weight excluding hydrogens is 371 g/mol. The van der Waals surface area contributed by atoms with Gasteiger partial charge in [-0.3, -0.25) is 4.79 Å². The molecule has 0 radical (unpaired) electrons. The van der Waals surface area contributed by atoms with Gasteiger partial charge in [0.2, 0.25) is 0 Å². The minimum absolute atomic E-state index is 0.0831. The van der Waals surface area contributed by atoms with Gasteiger partial charge in [-0.2, -0.15) is 0 Å². The molecule has 0 saturated carbocycles. The van der Waals surface area contributed by atoms with Gasteiger partial charge in [0.1, 0.15) is 17.2 Å². The maximum atomic E-state index is 14.3. The molecule has 1 aliphatic rings. The number of nitrogen functional groups attached to an aromatic ring is 1. The maximum Gasteiger partial charge on any atom is 0.261 e. The molecular formula is C21H21FN6O. The van der Waals surface area contributed by atoms with Crippen LogP contribution in [0.3, 0.4) is 0 Å². The molecule has 5 N–H and O–H groups in total. The molecule has 5 rings (SSSR count). The van der Waals surface area contributed by atoms with Crippen molar-refractivity contribution in [2.45, 2.75) is 6.42 Å². The van der Waals surface area contributed by atoms with Gasteiger partial charge in [0.05, 0.1) is 27.6 Å². The van der Waals surface area contributed by atoms with Crippen molar-refractivity contribution in [1.29, 1.82) is 0 Å².